The molecular formula is C8H10BrNO2S. The van der Waals surface area contributed by atoms with E-state index >= 15 is 0 Å². The van der Waals surface area contributed by atoms with Gasteiger partial charge in [0, 0.05) is 17.0 Å². The number of aliphatic hydroxyl groups is 2. The first-order valence-electron chi connectivity index (χ1n) is 4.16. The Balaban J connectivity index is 2.24. The topological polar surface area (TPSA) is 53.4 Å². The second-order valence-corrected chi connectivity index (χ2v) is 5.59. The van der Waals surface area contributed by atoms with Crippen LogP contribution in [0.1, 0.15) is 23.6 Å². The van der Waals surface area contributed by atoms with E-state index in [4.69, 9.17) is 0 Å². The molecule has 1 saturated carbocycles. The van der Waals surface area contributed by atoms with Crippen LogP contribution in [0.3, 0.4) is 0 Å². The molecule has 1 heterocycles. The first-order valence-corrected chi connectivity index (χ1v) is 5.77. The van der Waals surface area contributed by atoms with Gasteiger partial charge in [-0.25, -0.2) is 4.98 Å². The van der Waals surface area contributed by atoms with Crippen molar-refractivity contribution < 1.29 is 10.2 Å². The van der Waals surface area contributed by atoms with Gasteiger partial charge < -0.3 is 10.2 Å². The Morgan fingerprint density at radius 2 is 2.00 bits per heavy atom. The molecule has 2 N–H and O–H groups in total. The van der Waals surface area contributed by atoms with E-state index < -0.39 is 12.2 Å². The summed E-state index contributed by atoms with van der Waals surface area (Å²) < 4.78 is 0.800. The van der Waals surface area contributed by atoms with Gasteiger partial charge in [0.1, 0.15) is 0 Å². The van der Waals surface area contributed by atoms with Gasteiger partial charge in [0.2, 0.25) is 0 Å². The van der Waals surface area contributed by atoms with Gasteiger partial charge in [0.05, 0.1) is 12.2 Å². The Morgan fingerprint density at radius 1 is 1.38 bits per heavy atom. The minimum atomic E-state index is -0.414. The van der Waals surface area contributed by atoms with E-state index in [2.05, 4.69) is 20.9 Å². The third kappa shape index (κ3) is 1.79. The molecule has 0 saturated heterocycles. The Morgan fingerprint density at radius 3 is 2.46 bits per heavy atom. The van der Waals surface area contributed by atoms with Crippen LogP contribution in [0.25, 0.3) is 0 Å². The third-order valence-electron chi connectivity index (χ3n) is 2.41. The third-order valence-corrected chi connectivity index (χ3v) is 3.99. The smallest absolute Gasteiger partial charge is 0.159 e. The van der Waals surface area contributed by atoms with E-state index in [1.54, 1.807) is 6.20 Å². The summed E-state index contributed by atoms with van der Waals surface area (Å²) in [5.74, 6) is -0.135. The number of hydrogen-bond donors (Lipinski definition) is 2. The molecule has 0 bridgehead atoms. The second kappa shape index (κ2) is 3.65. The Kier molecular flexibility index (Phi) is 2.69. The molecule has 72 valence electrons. The van der Waals surface area contributed by atoms with Crippen molar-refractivity contribution in [2.45, 2.75) is 31.0 Å². The van der Waals surface area contributed by atoms with Gasteiger partial charge >= 0.3 is 0 Å². The fourth-order valence-corrected chi connectivity index (χ4v) is 3.27. The van der Waals surface area contributed by atoms with Crippen LogP contribution in [-0.2, 0) is 0 Å². The molecule has 2 atom stereocenters. The van der Waals surface area contributed by atoms with Crippen molar-refractivity contribution in [2.24, 2.45) is 0 Å². The standard InChI is InChI=1S/C8H10BrNO2S/c9-8-10-3-6(13-8)7-4(11)1-2-5(7)12/h3-5,7,11-12H,1-2H2. The molecule has 0 radical (unpaired) electrons. The molecule has 1 aliphatic rings. The van der Waals surface area contributed by atoms with Gasteiger partial charge in [-0.2, -0.15) is 0 Å². The quantitative estimate of drug-likeness (QED) is 0.808. The normalized spacial score (nSPS) is 33.9. The first-order chi connectivity index (χ1) is 6.18. The molecule has 1 aromatic rings. The van der Waals surface area contributed by atoms with Crippen molar-refractivity contribution in [3.63, 3.8) is 0 Å². The lowest BCUT2D eigenvalue weighted by Gasteiger charge is -2.15. The Bertz CT molecular complexity index is 294. The summed E-state index contributed by atoms with van der Waals surface area (Å²) >= 11 is 4.74. The Labute approximate surface area is 88.6 Å². The molecule has 0 amide bonds. The van der Waals surface area contributed by atoms with Crippen LogP contribution >= 0.6 is 27.3 Å². The monoisotopic (exact) mass is 263 g/mol. The molecule has 2 unspecified atom stereocenters. The maximum atomic E-state index is 9.63. The van der Waals surface area contributed by atoms with E-state index in [1.807, 2.05) is 0 Å². The Hall–Kier alpha value is 0.0300. The summed E-state index contributed by atoms with van der Waals surface area (Å²) in [4.78, 5) is 5.01. The van der Waals surface area contributed by atoms with Crippen LogP contribution in [-0.4, -0.2) is 27.4 Å². The molecule has 3 nitrogen and oxygen atoms in total. The zero-order valence-corrected chi connectivity index (χ0v) is 9.25. The highest BCUT2D eigenvalue weighted by atomic mass is 79.9. The fraction of sp³-hybridized carbons (Fsp3) is 0.625. The van der Waals surface area contributed by atoms with E-state index in [1.165, 1.54) is 11.3 Å². The van der Waals surface area contributed by atoms with Gasteiger partial charge in [-0.05, 0) is 28.8 Å². The lowest BCUT2D eigenvalue weighted by Crippen LogP contribution is -2.19. The van der Waals surface area contributed by atoms with E-state index in [9.17, 15) is 10.2 Å². The molecule has 0 aromatic carbocycles. The number of nitrogens with zero attached hydrogens (tertiary/aromatic N) is 1. The molecule has 5 heteroatoms. The molecular weight excluding hydrogens is 254 g/mol. The number of aliphatic hydroxyl groups excluding tert-OH is 2. The summed E-state index contributed by atoms with van der Waals surface area (Å²) in [6.07, 6.45) is 2.25. The summed E-state index contributed by atoms with van der Waals surface area (Å²) in [5.41, 5.74) is 0. The average molecular weight is 264 g/mol. The average Bonchev–Trinajstić information content (AvgIpc) is 2.60. The summed E-state index contributed by atoms with van der Waals surface area (Å²) in [6, 6.07) is 0. The second-order valence-electron chi connectivity index (χ2n) is 3.25. The van der Waals surface area contributed by atoms with Crippen molar-refractivity contribution in [1.82, 2.24) is 4.98 Å². The zero-order valence-electron chi connectivity index (χ0n) is 6.85. The van der Waals surface area contributed by atoms with Crippen LogP contribution in [0, 0.1) is 0 Å². The largest absolute Gasteiger partial charge is 0.392 e. The molecule has 0 spiro atoms. The lowest BCUT2D eigenvalue weighted by molar-refractivity contribution is 0.109. The number of halogens is 1. The van der Waals surface area contributed by atoms with Crippen molar-refractivity contribution in [2.75, 3.05) is 0 Å². The SMILES string of the molecule is OC1CCC(O)C1c1cnc(Br)s1. The van der Waals surface area contributed by atoms with Crippen LogP contribution in [0.2, 0.25) is 0 Å². The predicted molar refractivity (Wildman–Crippen MR) is 53.8 cm³/mol. The van der Waals surface area contributed by atoms with E-state index in [-0.39, 0.29) is 5.92 Å². The number of rotatable bonds is 1. The minimum Gasteiger partial charge on any atom is -0.392 e. The lowest BCUT2D eigenvalue weighted by atomic mass is 10.0. The number of thiazole rings is 1. The highest BCUT2D eigenvalue weighted by Crippen LogP contribution is 2.38. The van der Waals surface area contributed by atoms with Gasteiger partial charge in [0.25, 0.3) is 0 Å². The zero-order chi connectivity index (χ0) is 9.42. The van der Waals surface area contributed by atoms with Gasteiger partial charge in [-0.1, -0.05) is 0 Å². The number of aromatic nitrogens is 1. The summed E-state index contributed by atoms with van der Waals surface area (Å²) in [6.45, 7) is 0. The van der Waals surface area contributed by atoms with Crippen LogP contribution in [0.5, 0.6) is 0 Å². The van der Waals surface area contributed by atoms with Crippen LogP contribution < -0.4 is 0 Å². The molecule has 0 aliphatic heterocycles. The fourth-order valence-electron chi connectivity index (χ4n) is 1.75. The van der Waals surface area contributed by atoms with Crippen LogP contribution in [0.4, 0.5) is 0 Å². The van der Waals surface area contributed by atoms with E-state index in [0.717, 1.165) is 8.79 Å². The van der Waals surface area contributed by atoms with E-state index in [0.29, 0.717) is 12.8 Å². The van der Waals surface area contributed by atoms with Crippen molar-refractivity contribution >= 4 is 27.3 Å². The van der Waals surface area contributed by atoms with Crippen LogP contribution in [0.15, 0.2) is 10.1 Å². The number of hydrogen-bond acceptors (Lipinski definition) is 4. The minimum absolute atomic E-state index is 0.135. The maximum absolute atomic E-state index is 9.63. The predicted octanol–water partition coefficient (Wildman–Crippen LogP) is 1.50. The summed E-state index contributed by atoms with van der Waals surface area (Å²) in [5, 5.41) is 19.3. The highest BCUT2D eigenvalue weighted by molar-refractivity contribution is 9.11. The maximum Gasteiger partial charge on any atom is 0.159 e. The van der Waals surface area contributed by atoms with Crippen molar-refractivity contribution in [1.29, 1.82) is 0 Å². The highest BCUT2D eigenvalue weighted by Gasteiger charge is 2.36. The molecule has 1 fully saturated rings. The molecule has 1 aromatic heterocycles. The first kappa shape index (κ1) is 9.58. The van der Waals surface area contributed by atoms with Crippen molar-refractivity contribution in [3.8, 4) is 0 Å². The molecule has 2 rings (SSSR count). The molecule has 13 heavy (non-hydrogen) atoms. The van der Waals surface area contributed by atoms with Gasteiger partial charge in [0.15, 0.2) is 3.92 Å². The van der Waals surface area contributed by atoms with Gasteiger partial charge in [-0.15, -0.1) is 11.3 Å². The van der Waals surface area contributed by atoms with Gasteiger partial charge in [-0.3, -0.25) is 0 Å². The molecule has 1 aliphatic carbocycles. The van der Waals surface area contributed by atoms with Crippen molar-refractivity contribution in [3.05, 3.63) is 15.0 Å². The summed E-state index contributed by atoms with van der Waals surface area (Å²) in [7, 11) is 0.